The second-order valence-corrected chi connectivity index (χ2v) is 4.65. The summed E-state index contributed by atoms with van der Waals surface area (Å²) in [4.78, 5) is 23.7. The molecule has 5 nitrogen and oxygen atoms in total. The van der Waals surface area contributed by atoms with Crippen LogP contribution in [0.4, 0.5) is 0 Å². The highest BCUT2D eigenvalue weighted by Crippen LogP contribution is 2.20. The molecule has 0 spiro atoms. The van der Waals surface area contributed by atoms with Crippen LogP contribution in [-0.4, -0.2) is 25.2 Å². The third kappa shape index (κ3) is 6.45. The molecule has 0 aliphatic carbocycles. The van der Waals surface area contributed by atoms with Gasteiger partial charge < -0.3 is 15.2 Å². The summed E-state index contributed by atoms with van der Waals surface area (Å²) in [5.74, 6) is -1.99. The van der Waals surface area contributed by atoms with Crippen LogP contribution in [0, 0.1) is 5.92 Å². The molecule has 0 saturated heterocycles. The fourth-order valence-corrected chi connectivity index (χ4v) is 2.03. The molecule has 0 aliphatic rings. The molecule has 0 aromatic heterocycles. The summed E-state index contributed by atoms with van der Waals surface area (Å²) in [6.07, 6.45) is 0.819. The van der Waals surface area contributed by atoms with Crippen LogP contribution in [0.1, 0.15) is 38.3 Å². The zero-order valence-corrected chi connectivity index (χ0v) is 13.8. The molecular weight excluding hydrogens is 306 g/mol. The quantitative estimate of drug-likeness (QED) is 0.586. The fourth-order valence-electron chi connectivity index (χ4n) is 2.03. The summed E-state index contributed by atoms with van der Waals surface area (Å²) in [5, 5.41) is 0. The highest BCUT2D eigenvalue weighted by Gasteiger charge is 2.29. The molecule has 1 aromatic carbocycles. The van der Waals surface area contributed by atoms with Crippen LogP contribution in [0.25, 0.3) is 0 Å². The monoisotopic (exact) mass is 329 g/mol. The summed E-state index contributed by atoms with van der Waals surface area (Å²) >= 11 is 0. The maximum atomic E-state index is 11.8. The van der Waals surface area contributed by atoms with Crippen molar-refractivity contribution in [2.75, 3.05) is 13.2 Å². The van der Waals surface area contributed by atoms with Crippen molar-refractivity contribution in [2.24, 2.45) is 11.7 Å². The largest absolute Gasteiger partial charge is 0.465 e. The molecule has 1 unspecified atom stereocenters. The van der Waals surface area contributed by atoms with E-state index in [2.05, 4.69) is 0 Å². The SMILES string of the molecule is CCOC(=O)C(CCC(N)c1ccccc1)C(=O)OCC.Cl. The standard InChI is InChI=1S/C16H23NO4.ClH/c1-3-20-15(18)13(16(19)21-4-2)10-11-14(17)12-8-6-5-7-9-12;/h5-9,13-14H,3-4,10-11,17H2,1-2H3;1H. The third-order valence-corrected chi connectivity index (χ3v) is 3.14. The minimum atomic E-state index is -0.903. The van der Waals surface area contributed by atoms with Crippen molar-refractivity contribution >= 4 is 24.3 Å². The van der Waals surface area contributed by atoms with Crippen LogP contribution in [0.15, 0.2) is 30.3 Å². The number of hydrogen-bond acceptors (Lipinski definition) is 5. The number of ether oxygens (including phenoxy) is 2. The van der Waals surface area contributed by atoms with Crippen LogP contribution >= 0.6 is 12.4 Å². The number of rotatable bonds is 8. The van der Waals surface area contributed by atoms with E-state index in [0.29, 0.717) is 12.8 Å². The molecule has 0 aliphatic heterocycles. The molecule has 0 radical (unpaired) electrons. The van der Waals surface area contributed by atoms with Gasteiger partial charge in [-0.1, -0.05) is 30.3 Å². The van der Waals surface area contributed by atoms with Gasteiger partial charge in [-0.15, -0.1) is 12.4 Å². The van der Waals surface area contributed by atoms with Gasteiger partial charge in [0.1, 0.15) is 0 Å². The maximum absolute atomic E-state index is 11.8. The number of nitrogens with two attached hydrogens (primary N) is 1. The molecule has 0 saturated carbocycles. The van der Waals surface area contributed by atoms with Crippen molar-refractivity contribution in [3.05, 3.63) is 35.9 Å². The van der Waals surface area contributed by atoms with Gasteiger partial charge in [0, 0.05) is 6.04 Å². The van der Waals surface area contributed by atoms with Crippen LogP contribution in [0.3, 0.4) is 0 Å². The molecule has 0 amide bonds. The van der Waals surface area contributed by atoms with Gasteiger partial charge in [-0.25, -0.2) is 0 Å². The first kappa shape index (κ1) is 20.4. The first-order valence-corrected chi connectivity index (χ1v) is 7.23. The van der Waals surface area contributed by atoms with E-state index in [9.17, 15) is 9.59 Å². The van der Waals surface area contributed by atoms with Crippen LogP contribution in [-0.2, 0) is 19.1 Å². The average molecular weight is 330 g/mol. The predicted octanol–water partition coefficient (Wildman–Crippen LogP) is 2.63. The van der Waals surface area contributed by atoms with Crippen LogP contribution < -0.4 is 5.73 Å². The highest BCUT2D eigenvalue weighted by molar-refractivity contribution is 5.94. The number of benzene rings is 1. The Labute approximate surface area is 137 Å². The Bertz CT molecular complexity index is 435. The van der Waals surface area contributed by atoms with Gasteiger partial charge >= 0.3 is 11.9 Å². The van der Waals surface area contributed by atoms with E-state index in [1.165, 1.54) is 0 Å². The molecule has 1 aromatic rings. The first-order chi connectivity index (χ1) is 10.1. The number of hydrogen-bond donors (Lipinski definition) is 1. The molecule has 1 atom stereocenters. The Morgan fingerprint density at radius 2 is 1.50 bits per heavy atom. The number of esters is 2. The van der Waals surface area contributed by atoms with Crippen LogP contribution in [0.5, 0.6) is 0 Å². The second-order valence-electron chi connectivity index (χ2n) is 4.65. The Kier molecular flexibility index (Phi) is 10.2. The average Bonchev–Trinajstić information content (AvgIpc) is 2.48. The highest BCUT2D eigenvalue weighted by atomic mass is 35.5. The summed E-state index contributed by atoms with van der Waals surface area (Å²) in [7, 11) is 0. The topological polar surface area (TPSA) is 78.6 Å². The summed E-state index contributed by atoms with van der Waals surface area (Å²) in [6.45, 7) is 3.88. The number of carbonyl (C=O) groups is 2. The lowest BCUT2D eigenvalue weighted by molar-refractivity contribution is -0.162. The Morgan fingerprint density at radius 1 is 1.00 bits per heavy atom. The molecule has 1 rings (SSSR count). The zero-order chi connectivity index (χ0) is 15.7. The lowest BCUT2D eigenvalue weighted by Gasteiger charge is -2.17. The number of halogens is 1. The van der Waals surface area contributed by atoms with E-state index in [4.69, 9.17) is 15.2 Å². The van der Waals surface area contributed by atoms with Gasteiger partial charge in [0.25, 0.3) is 0 Å². The third-order valence-electron chi connectivity index (χ3n) is 3.14. The predicted molar refractivity (Wildman–Crippen MR) is 86.6 cm³/mol. The Hall–Kier alpha value is -1.59. The molecule has 124 valence electrons. The smallest absolute Gasteiger partial charge is 0.320 e. The lowest BCUT2D eigenvalue weighted by Crippen LogP contribution is -2.29. The van der Waals surface area contributed by atoms with Gasteiger partial charge in [0.15, 0.2) is 5.92 Å². The fraction of sp³-hybridized carbons (Fsp3) is 0.500. The Morgan fingerprint density at radius 3 is 1.95 bits per heavy atom. The van der Waals surface area contributed by atoms with E-state index in [1.54, 1.807) is 13.8 Å². The van der Waals surface area contributed by atoms with E-state index < -0.39 is 17.9 Å². The van der Waals surface area contributed by atoms with Crippen LogP contribution in [0.2, 0.25) is 0 Å². The zero-order valence-electron chi connectivity index (χ0n) is 13.0. The Balaban J connectivity index is 0.00000441. The molecule has 6 heteroatoms. The molecule has 0 fully saturated rings. The van der Waals surface area contributed by atoms with Crippen molar-refractivity contribution in [1.29, 1.82) is 0 Å². The summed E-state index contributed by atoms with van der Waals surface area (Å²) < 4.78 is 9.86. The van der Waals surface area contributed by atoms with Crippen molar-refractivity contribution in [3.63, 3.8) is 0 Å². The molecule has 0 heterocycles. The van der Waals surface area contributed by atoms with Gasteiger partial charge in [0.05, 0.1) is 13.2 Å². The molecule has 22 heavy (non-hydrogen) atoms. The minimum Gasteiger partial charge on any atom is -0.465 e. The van der Waals surface area contributed by atoms with Crippen molar-refractivity contribution < 1.29 is 19.1 Å². The minimum absolute atomic E-state index is 0. The molecular formula is C16H24ClNO4. The van der Waals surface area contributed by atoms with Crippen molar-refractivity contribution in [3.8, 4) is 0 Å². The molecule has 2 N–H and O–H groups in total. The van der Waals surface area contributed by atoms with E-state index in [0.717, 1.165) is 5.56 Å². The normalized spacial score (nSPS) is 11.5. The van der Waals surface area contributed by atoms with Gasteiger partial charge in [-0.3, -0.25) is 9.59 Å². The van der Waals surface area contributed by atoms with Gasteiger partial charge in [0.2, 0.25) is 0 Å². The van der Waals surface area contributed by atoms with E-state index in [1.807, 2.05) is 30.3 Å². The lowest BCUT2D eigenvalue weighted by atomic mass is 9.96. The van der Waals surface area contributed by atoms with Crippen molar-refractivity contribution in [2.45, 2.75) is 32.7 Å². The number of carbonyl (C=O) groups excluding carboxylic acids is 2. The molecule has 0 bridgehead atoms. The van der Waals surface area contributed by atoms with Gasteiger partial charge in [-0.2, -0.15) is 0 Å². The first-order valence-electron chi connectivity index (χ1n) is 7.23. The second kappa shape index (κ2) is 11.0. The van der Waals surface area contributed by atoms with Gasteiger partial charge in [-0.05, 0) is 32.3 Å². The summed E-state index contributed by atoms with van der Waals surface area (Å²) in [5.41, 5.74) is 7.06. The van der Waals surface area contributed by atoms with E-state index >= 15 is 0 Å². The van der Waals surface area contributed by atoms with E-state index in [-0.39, 0.29) is 31.7 Å². The van der Waals surface area contributed by atoms with Crippen molar-refractivity contribution in [1.82, 2.24) is 0 Å². The summed E-state index contributed by atoms with van der Waals surface area (Å²) in [6, 6.07) is 9.35. The maximum Gasteiger partial charge on any atom is 0.320 e.